The van der Waals surface area contributed by atoms with E-state index in [1.807, 2.05) is 41.0 Å². The molecular weight excluding hydrogens is 502 g/mol. The van der Waals surface area contributed by atoms with Crippen LogP contribution in [0, 0.1) is 0 Å². The van der Waals surface area contributed by atoms with Crippen LogP contribution in [0.25, 0.3) is 17.1 Å². The number of benzene rings is 3. The number of halogens is 1. The molecule has 1 aromatic heterocycles. The Kier molecular flexibility index (Phi) is 7.99. The smallest absolute Gasteiger partial charge is 0.336 e. The third-order valence-corrected chi connectivity index (χ3v) is 6.16. The number of thioether (sulfide) groups is 1. The Balaban J connectivity index is 1.51. The van der Waals surface area contributed by atoms with Crippen LogP contribution in [-0.4, -0.2) is 50.8 Å². The number of hydrazone groups is 1. The summed E-state index contributed by atoms with van der Waals surface area (Å²) in [6.07, 6.45) is 1.30. The van der Waals surface area contributed by atoms with Crippen molar-refractivity contribution in [3.05, 3.63) is 88.9 Å². The number of aromatic carboxylic acids is 1. The van der Waals surface area contributed by atoms with Crippen LogP contribution in [0.15, 0.2) is 83.1 Å². The van der Waals surface area contributed by atoms with Crippen LogP contribution >= 0.6 is 23.4 Å². The van der Waals surface area contributed by atoms with E-state index in [2.05, 4.69) is 20.7 Å². The van der Waals surface area contributed by atoms with Gasteiger partial charge in [0, 0.05) is 21.8 Å². The molecule has 1 amide bonds. The number of rotatable bonds is 9. The Bertz CT molecular complexity index is 1400. The van der Waals surface area contributed by atoms with Crippen molar-refractivity contribution in [2.75, 3.05) is 12.9 Å². The summed E-state index contributed by atoms with van der Waals surface area (Å²) in [5.74, 6) is -0.152. The molecule has 0 saturated heterocycles. The fraction of sp³-hybridized carbons (Fsp3) is 0.0800. The lowest BCUT2D eigenvalue weighted by Crippen LogP contribution is -2.20. The zero-order valence-corrected chi connectivity index (χ0v) is 20.5. The Morgan fingerprint density at radius 3 is 2.50 bits per heavy atom. The van der Waals surface area contributed by atoms with Crippen molar-refractivity contribution in [2.45, 2.75) is 5.16 Å². The number of ether oxygens (including phenoxy) is 1. The number of carboxylic acid groups (broad SMARTS) is 1. The highest BCUT2D eigenvalue weighted by atomic mass is 35.5. The Hall–Kier alpha value is -4.15. The van der Waals surface area contributed by atoms with Gasteiger partial charge in [0.2, 0.25) is 0 Å². The van der Waals surface area contributed by atoms with Crippen LogP contribution in [-0.2, 0) is 4.79 Å². The average molecular weight is 522 g/mol. The zero-order chi connectivity index (χ0) is 25.5. The first-order valence-electron chi connectivity index (χ1n) is 10.6. The third-order valence-electron chi connectivity index (χ3n) is 4.98. The second-order valence-electron chi connectivity index (χ2n) is 7.32. The monoisotopic (exact) mass is 521 g/mol. The zero-order valence-electron chi connectivity index (χ0n) is 19.0. The summed E-state index contributed by atoms with van der Waals surface area (Å²) in [5, 5.41) is 22.9. The lowest BCUT2D eigenvalue weighted by atomic mass is 10.1. The highest BCUT2D eigenvalue weighted by Crippen LogP contribution is 2.29. The van der Waals surface area contributed by atoms with Crippen molar-refractivity contribution in [2.24, 2.45) is 5.10 Å². The summed E-state index contributed by atoms with van der Waals surface area (Å²) in [5.41, 5.74) is 4.48. The maximum absolute atomic E-state index is 12.4. The number of aromatic nitrogens is 3. The van der Waals surface area contributed by atoms with Gasteiger partial charge in [0.25, 0.3) is 5.91 Å². The molecule has 4 aromatic rings. The van der Waals surface area contributed by atoms with E-state index in [0.717, 1.165) is 11.3 Å². The number of methoxy groups -OCH3 is 1. The van der Waals surface area contributed by atoms with Crippen LogP contribution in [0.4, 0.5) is 0 Å². The highest BCUT2D eigenvalue weighted by Gasteiger charge is 2.17. The van der Waals surface area contributed by atoms with Crippen LogP contribution in [0.5, 0.6) is 5.75 Å². The molecule has 4 rings (SSSR count). The third kappa shape index (κ3) is 5.91. The number of nitrogens with one attached hydrogen (secondary N) is 1. The first-order chi connectivity index (χ1) is 17.5. The van der Waals surface area contributed by atoms with E-state index in [-0.39, 0.29) is 17.2 Å². The minimum atomic E-state index is -1.08. The quantitative estimate of drug-likeness (QED) is 0.188. The molecule has 0 atom stereocenters. The van der Waals surface area contributed by atoms with Gasteiger partial charge >= 0.3 is 5.97 Å². The van der Waals surface area contributed by atoms with Gasteiger partial charge in [0.1, 0.15) is 5.75 Å². The normalized spacial score (nSPS) is 10.9. The van der Waals surface area contributed by atoms with Crippen LogP contribution < -0.4 is 10.2 Å². The van der Waals surface area contributed by atoms with Crippen molar-refractivity contribution < 1.29 is 19.4 Å². The van der Waals surface area contributed by atoms with Gasteiger partial charge in [-0.25, -0.2) is 10.2 Å². The van der Waals surface area contributed by atoms with E-state index in [1.165, 1.54) is 24.0 Å². The summed E-state index contributed by atoms with van der Waals surface area (Å²) in [4.78, 5) is 23.7. The van der Waals surface area contributed by atoms with Crippen molar-refractivity contribution in [1.82, 2.24) is 20.2 Å². The number of amides is 1. The molecule has 0 aliphatic rings. The molecule has 0 aliphatic carbocycles. The predicted octanol–water partition coefficient (Wildman–Crippen LogP) is 4.54. The summed E-state index contributed by atoms with van der Waals surface area (Å²) >= 11 is 7.25. The van der Waals surface area contributed by atoms with Gasteiger partial charge in [-0.05, 0) is 54.6 Å². The van der Waals surface area contributed by atoms with E-state index in [4.69, 9.17) is 16.3 Å². The summed E-state index contributed by atoms with van der Waals surface area (Å²) in [7, 11) is 1.60. The van der Waals surface area contributed by atoms with Gasteiger partial charge in [-0.1, -0.05) is 41.6 Å². The molecule has 9 nitrogen and oxygen atoms in total. The summed E-state index contributed by atoms with van der Waals surface area (Å²) in [6.45, 7) is 0. The second kappa shape index (κ2) is 11.5. The Morgan fingerprint density at radius 2 is 1.81 bits per heavy atom. The first kappa shape index (κ1) is 25.0. The number of nitrogens with zero attached hydrogens (tertiary/aromatic N) is 4. The molecular formula is C25H20ClN5O4S. The van der Waals surface area contributed by atoms with Crippen LogP contribution in [0.1, 0.15) is 15.9 Å². The van der Waals surface area contributed by atoms with Gasteiger partial charge in [0.05, 0.1) is 24.6 Å². The fourth-order valence-electron chi connectivity index (χ4n) is 3.25. The molecule has 0 radical (unpaired) electrons. The summed E-state index contributed by atoms with van der Waals surface area (Å²) < 4.78 is 7.07. The molecule has 2 N–H and O–H groups in total. The molecule has 0 saturated carbocycles. The predicted molar refractivity (Wildman–Crippen MR) is 138 cm³/mol. The average Bonchev–Trinajstić information content (AvgIpc) is 3.32. The molecule has 0 aliphatic heterocycles. The maximum Gasteiger partial charge on any atom is 0.336 e. The number of carbonyl (C=O) groups excluding carboxylic acids is 1. The molecule has 36 heavy (non-hydrogen) atoms. The molecule has 0 spiro atoms. The van der Waals surface area contributed by atoms with Crippen molar-refractivity contribution in [3.8, 4) is 22.8 Å². The lowest BCUT2D eigenvalue weighted by Gasteiger charge is -2.11. The van der Waals surface area contributed by atoms with Crippen molar-refractivity contribution in [1.29, 1.82) is 0 Å². The Labute approximate surface area is 215 Å². The van der Waals surface area contributed by atoms with Gasteiger partial charge in [-0.3, -0.25) is 9.36 Å². The standard InChI is InChI=1S/C25H20ClN5O4S/c1-35-20-12-6-16(7-13-20)23-29-30-25(31(23)19-10-8-18(26)9-11-19)36-15-22(32)28-27-14-17-4-2-3-5-21(17)24(33)34/h2-14H,15H2,1H3,(H,28,32)(H,33,34)/b27-14+. The Morgan fingerprint density at radius 1 is 1.08 bits per heavy atom. The largest absolute Gasteiger partial charge is 0.497 e. The topological polar surface area (TPSA) is 119 Å². The van der Waals surface area contributed by atoms with E-state index in [1.54, 1.807) is 37.4 Å². The molecule has 11 heteroatoms. The first-order valence-corrected chi connectivity index (χ1v) is 12.0. The van der Waals surface area contributed by atoms with E-state index < -0.39 is 5.97 Å². The van der Waals surface area contributed by atoms with Gasteiger partial charge in [0.15, 0.2) is 11.0 Å². The second-order valence-corrected chi connectivity index (χ2v) is 8.70. The van der Waals surface area contributed by atoms with Gasteiger partial charge in [-0.2, -0.15) is 5.10 Å². The lowest BCUT2D eigenvalue weighted by molar-refractivity contribution is -0.118. The number of carboxylic acids is 1. The number of carbonyl (C=O) groups is 2. The van der Waals surface area contributed by atoms with E-state index in [9.17, 15) is 14.7 Å². The maximum atomic E-state index is 12.4. The van der Waals surface area contributed by atoms with Crippen molar-refractivity contribution >= 4 is 41.5 Å². The molecule has 0 fully saturated rings. The molecule has 1 heterocycles. The van der Waals surface area contributed by atoms with Crippen LogP contribution in [0.3, 0.4) is 0 Å². The number of hydrogen-bond donors (Lipinski definition) is 2. The molecule has 0 unspecified atom stereocenters. The van der Waals surface area contributed by atoms with E-state index in [0.29, 0.717) is 27.3 Å². The molecule has 0 bridgehead atoms. The minimum absolute atomic E-state index is 0.00620. The van der Waals surface area contributed by atoms with Gasteiger partial charge < -0.3 is 9.84 Å². The van der Waals surface area contributed by atoms with E-state index >= 15 is 0 Å². The SMILES string of the molecule is COc1ccc(-c2nnc(SCC(=O)N/N=C/c3ccccc3C(=O)O)n2-c2ccc(Cl)cc2)cc1. The van der Waals surface area contributed by atoms with Gasteiger partial charge in [-0.15, -0.1) is 10.2 Å². The number of hydrogen-bond acceptors (Lipinski definition) is 7. The minimum Gasteiger partial charge on any atom is -0.497 e. The summed E-state index contributed by atoms with van der Waals surface area (Å²) in [6, 6.07) is 21.0. The molecule has 182 valence electrons. The van der Waals surface area contributed by atoms with Crippen LogP contribution in [0.2, 0.25) is 5.02 Å². The molecule has 3 aromatic carbocycles. The highest BCUT2D eigenvalue weighted by molar-refractivity contribution is 7.99. The van der Waals surface area contributed by atoms with Crippen molar-refractivity contribution in [3.63, 3.8) is 0 Å². The fourth-order valence-corrected chi connectivity index (χ4v) is 4.12.